The summed E-state index contributed by atoms with van der Waals surface area (Å²) >= 11 is 0. The average Bonchev–Trinajstić information content (AvgIpc) is 2.62. The van der Waals surface area contributed by atoms with Crippen molar-refractivity contribution in [3.8, 4) is 0 Å². The first-order valence-electron chi connectivity index (χ1n) is 4.93. The van der Waals surface area contributed by atoms with Gasteiger partial charge in [-0.3, -0.25) is 0 Å². The van der Waals surface area contributed by atoms with Gasteiger partial charge in [0, 0.05) is 6.54 Å². The minimum atomic E-state index is -0.777. The lowest BCUT2D eigenvalue weighted by Gasteiger charge is -2.09. The highest BCUT2D eigenvalue weighted by molar-refractivity contribution is 5.74. The molecule has 6 heteroatoms. The lowest BCUT2D eigenvalue weighted by molar-refractivity contribution is 0.0317. The molecule has 1 atom stereocenters. The molecule has 1 heterocycles. The number of aromatic amines is 1. The molecule has 16 heavy (non-hydrogen) atoms. The number of aliphatic hydroxyl groups is 1. The van der Waals surface area contributed by atoms with E-state index in [1.165, 1.54) is 0 Å². The molecule has 0 spiro atoms. The Labute approximate surface area is 91.2 Å². The number of rotatable bonds is 4. The second-order valence-electron chi connectivity index (χ2n) is 3.43. The Morgan fingerprint density at radius 3 is 3.00 bits per heavy atom. The molecule has 86 valence electrons. The van der Waals surface area contributed by atoms with Gasteiger partial charge in [-0.25, -0.2) is 4.79 Å². The number of hydrogen-bond acceptors (Lipinski definition) is 4. The largest absolute Gasteiger partial charge is 0.406 e. The fourth-order valence-electron chi connectivity index (χ4n) is 1.39. The Bertz CT molecular complexity index is 531. The number of fused-ring (bicyclic) bond motifs is 1. The van der Waals surface area contributed by atoms with Gasteiger partial charge in [0.05, 0.1) is 5.52 Å². The number of aromatic nitrogens is 2. The van der Waals surface area contributed by atoms with Crippen molar-refractivity contribution >= 4 is 11.0 Å². The second-order valence-corrected chi connectivity index (χ2v) is 3.43. The van der Waals surface area contributed by atoms with E-state index in [1.807, 2.05) is 6.07 Å². The lowest BCUT2D eigenvalue weighted by atomic mass is 10.3. The molecule has 6 nitrogen and oxygen atoms in total. The molecule has 0 bridgehead atoms. The monoisotopic (exact) mass is 223 g/mol. The molecular weight excluding hydrogens is 210 g/mol. The van der Waals surface area contributed by atoms with Gasteiger partial charge in [0.1, 0.15) is 18.2 Å². The molecule has 0 saturated carbocycles. The van der Waals surface area contributed by atoms with E-state index < -0.39 is 6.10 Å². The predicted molar refractivity (Wildman–Crippen MR) is 59.1 cm³/mol. The van der Waals surface area contributed by atoms with E-state index in [-0.39, 0.29) is 18.8 Å². The predicted octanol–water partition coefficient (Wildman–Crippen LogP) is -0.922. The SMILES string of the molecule is NCC(O)COn1c(=O)[nH]c2ccccc21. The van der Waals surface area contributed by atoms with Gasteiger partial charge in [0.15, 0.2) is 0 Å². The summed E-state index contributed by atoms with van der Waals surface area (Å²) in [4.78, 5) is 19.3. The van der Waals surface area contributed by atoms with Crippen molar-refractivity contribution in [3.63, 3.8) is 0 Å². The van der Waals surface area contributed by atoms with E-state index in [0.717, 1.165) is 4.73 Å². The van der Waals surface area contributed by atoms with Crippen LogP contribution in [0.15, 0.2) is 29.1 Å². The van der Waals surface area contributed by atoms with Crippen LogP contribution in [-0.4, -0.2) is 34.1 Å². The highest BCUT2D eigenvalue weighted by Gasteiger charge is 2.08. The number of hydrogen-bond donors (Lipinski definition) is 3. The molecule has 1 unspecified atom stereocenters. The first-order chi connectivity index (χ1) is 7.72. The molecule has 4 N–H and O–H groups in total. The van der Waals surface area contributed by atoms with Crippen LogP contribution < -0.4 is 16.3 Å². The van der Waals surface area contributed by atoms with E-state index in [9.17, 15) is 9.90 Å². The highest BCUT2D eigenvalue weighted by atomic mass is 16.7. The zero-order chi connectivity index (χ0) is 11.5. The number of nitrogens with two attached hydrogens (primary N) is 1. The Hall–Kier alpha value is -1.79. The van der Waals surface area contributed by atoms with Crippen LogP contribution in [0.4, 0.5) is 0 Å². The van der Waals surface area contributed by atoms with Crippen molar-refractivity contribution in [2.24, 2.45) is 5.73 Å². The third-order valence-electron chi connectivity index (χ3n) is 2.22. The summed E-state index contributed by atoms with van der Waals surface area (Å²) in [6.07, 6.45) is -0.777. The van der Waals surface area contributed by atoms with Gasteiger partial charge in [-0.05, 0) is 12.1 Å². The van der Waals surface area contributed by atoms with Crippen LogP contribution in [0.3, 0.4) is 0 Å². The van der Waals surface area contributed by atoms with E-state index in [1.54, 1.807) is 18.2 Å². The first-order valence-corrected chi connectivity index (χ1v) is 4.93. The van der Waals surface area contributed by atoms with Gasteiger partial charge >= 0.3 is 5.69 Å². The Balaban J connectivity index is 2.29. The molecule has 0 aliphatic rings. The van der Waals surface area contributed by atoms with Gasteiger partial charge in [0.25, 0.3) is 0 Å². The van der Waals surface area contributed by atoms with Crippen molar-refractivity contribution in [2.75, 3.05) is 13.2 Å². The van der Waals surface area contributed by atoms with Crippen LogP contribution in [0.2, 0.25) is 0 Å². The van der Waals surface area contributed by atoms with Crippen LogP contribution in [0.5, 0.6) is 0 Å². The maximum absolute atomic E-state index is 11.5. The van der Waals surface area contributed by atoms with E-state index in [2.05, 4.69) is 4.98 Å². The summed E-state index contributed by atoms with van der Waals surface area (Å²) in [6, 6.07) is 7.14. The molecule has 0 amide bonds. The molecule has 2 aromatic rings. The molecule has 0 aliphatic carbocycles. The molecule has 2 rings (SSSR count). The Kier molecular flexibility index (Phi) is 2.93. The Morgan fingerprint density at radius 2 is 2.25 bits per heavy atom. The number of aliphatic hydroxyl groups excluding tert-OH is 1. The molecule has 1 aromatic carbocycles. The fourth-order valence-corrected chi connectivity index (χ4v) is 1.39. The average molecular weight is 223 g/mol. The van der Waals surface area contributed by atoms with E-state index in [4.69, 9.17) is 10.6 Å². The van der Waals surface area contributed by atoms with Crippen molar-refractivity contribution in [3.05, 3.63) is 34.7 Å². The number of imidazole rings is 1. The number of para-hydroxylation sites is 2. The van der Waals surface area contributed by atoms with Crippen molar-refractivity contribution in [1.29, 1.82) is 0 Å². The van der Waals surface area contributed by atoms with Gasteiger partial charge < -0.3 is 20.7 Å². The maximum Gasteiger partial charge on any atom is 0.359 e. The van der Waals surface area contributed by atoms with Gasteiger partial charge in [0.2, 0.25) is 0 Å². The van der Waals surface area contributed by atoms with Gasteiger partial charge in [-0.1, -0.05) is 12.1 Å². The van der Waals surface area contributed by atoms with E-state index in [0.29, 0.717) is 11.0 Å². The quantitative estimate of drug-likeness (QED) is 0.624. The number of benzene rings is 1. The summed E-state index contributed by atoms with van der Waals surface area (Å²) in [5.74, 6) is 0. The van der Waals surface area contributed by atoms with Crippen LogP contribution in [0.1, 0.15) is 0 Å². The zero-order valence-electron chi connectivity index (χ0n) is 8.59. The minimum Gasteiger partial charge on any atom is -0.406 e. The smallest absolute Gasteiger partial charge is 0.359 e. The maximum atomic E-state index is 11.5. The summed E-state index contributed by atoms with van der Waals surface area (Å²) in [7, 11) is 0. The molecule has 1 aromatic heterocycles. The number of nitrogens with zero attached hydrogens (tertiary/aromatic N) is 1. The third kappa shape index (κ3) is 1.93. The minimum absolute atomic E-state index is 0.0156. The zero-order valence-corrected chi connectivity index (χ0v) is 8.59. The Morgan fingerprint density at radius 1 is 1.50 bits per heavy atom. The van der Waals surface area contributed by atoms with Crippen molar-refractivity contribution < 1.29 is 9.94 Å². The summed E-state index contributed by atoms with van der Waals surface area (Å²) in [5.41, 5.74) is 6.19. The first kappa shape index (κ1) is 10.7. The molecule has 0 saturated heterocycles. The van der Waals surface area contributed by atoms with Crippen LogP contribution in [-0.2, 0) is 0 Å². The van der Waals surface area contributed by atoms with Crippen molar-refractivity contribution in [1.82, 2.24) is 9.71 Å². The molecule has 0 fully saturated rings. The van der Waals surface area contributed by atoms with E-state index >= 15 is 0 Å². The third-order valence-corrected chi connectivity index (χ3v) is 2.22. The number of H-pyrrole nitrogens is 1. The summed E-state index contributed by atoms with van der Waals surface area (Å²) < 4.78 is 1.12. The molecule has 0 radical (unpaired) electrons. The van der Waals surface area contributed by atoms with Crippen LogP contribution >= 0.6 is 0 Å². The number of nitrogens with one attached hydrogen (secondary N) is 1. The van der Waals surface area contributed by atoms with Crippen molar-refractivity contribution in [2.45, 2.75) is 6.10 Å². The summed E-state index contributed by atoms with van der Waals surface area (Å²) in [5, 5.41) is 9.24. The topological polar surface area (TPSA) is 93.3 Å². The molecule has 0 aliphatic heterocycles. The summed E-state index contributed by atoms with van der Waals surface area (Å²) in [6.45, 7) is 0.0787. The van der Waals surface area contributed by atoms with Gasteiger partial charge in [-0.2, -0.15) is 0 Å². The standard InChI is InChI=1S/C10H13N3O3/c11-5-7(14)6-16-13-9-4-2-1-3-8(9)12-10(13)15/h1-4,7,14H,5-6,11H2,(H,12,15). The highest BCUT2D eigenvalue weighted by Crippen LogP contribution is 2.07. The van der Waals surface area contributed by atoms with Crippen LogP contribution in [0.25, 0.3) is 11.0 Å². The lowest BCUT2D eigenvalue weighted by Crippen LogP contribution is -2.33. The van der Waals surface area contributed by atoms with Gasteiger partial charge in [-0.15, -0.1) is 4.73 Å². The normalized spacial score (nSPS) is 12.9. The second kappa shape index (κ2) is 4.38. The molecular formula is C10H13N3O3. The fraction of sp³-hybridized carbons (Fsp3) is 0.300. The van der Waals surface area contributed by atoms with Crippen LogP contribution in [0, 0.1) is 0 Å².